The quantitative estimate of drug-likeness (QED) is 0.651. The van der Waals surface area contributed by atoms with E-state index in [-0.39, 0.29) is 30.0 Å². The molecule has 0 aliphatic heterocycles. The Labute approximate surface area is 163 Å². The van der Waals surface area contributed by atoms with Gasteiger partial charge in [0.15, 0.2) is 5.82 Å². The first-order valence-electron chi connectivity index (χ1n) is 8.94. The number of rotatable bonds is 4. The fraction of sp³-hybridized carbons (Fsp3) is 0.273. The summed E-state index contributed by atoms with van der Waals surface area (Å²) in [6, 6.07) is 16.1. The fourth-order valence-corrected chi connectivity index (χ4v) is 2.88. The number of carbonyl (C=O) groups excluding carboxylic acids is 1. The third-order valence-corrected chi connectivity index (χ3v) is 4.49. The lowest BCUT2D eigenvalue weighted by molar-refractivity contribution is 0.0457. The molecule has 28 heavy (non-hydrogen) atoms. The van der Waals surface area contributed by atoms with Crippen LogP contribution in [0.1, 0.15) is 42.5 Å². The SMILES string of the molecule is CC(C)(C)c1ccc(C(=O)OCc2nc3ccccc3c(=O)n2CC#N)cc1. The van der Waals surface area contributed by atoms with Crippen molar-refractivity contribution in [3.63, 3.8) is 0 Å². The largest absolute Gasteiger partial charge is 0.454 e. The predicted octanol–water partition coefficient (Wildman–Crippen LogP) is 3.57. The average Bonchev–Trinajstić information content (AvgIpc) is 2.68. The van der Waals surface area contributed by atoms with Crippen LogP contribution in [0.2, 0.25) is 0 Å². The van der Waals surface area contributed by atoms with Crippen molar-refractivity contribution in [2.24, 2.45) is 0 Å². The van der Waals surface area contributed by atoms with Crippen molar-refractivity contribution in [2.75, 3.05) is 0 Å². The lowest BCUT2D eigenvalue weighted by Crippen LogP contribution is -2.26. The van der Waals surface area contributed by atoms with E-state index in [2.05, 4.69) is 25.8 Å². The second-order valence-electron chi connectivity index (χ2n) is 7.50. The van der Waals surface area contributed by atoms with Crippen molar-refractivity contribution in [3.8, 4) is 6.07 Å². The minimum atomic E-state index is -0.508. The highest BCUT2D eigenvalue weighted by molar-refractivity contribution is 5.89. The fourth-order valence-electron chi connectivity index (χ4n) is 2.88. The smallest absolute Gasteiger partial charge is 0.338 e. The number of fused-ring (bicyclic) bond motifs is 1. The van der Waals surface area contributed by atoms with E-state index in [9.17, 15) is 9.59 Å². The zero-order valence-electron chi connectivity index (χ0n) is 16.1. The van der Waals surface area contributed by atoms with Gasteiger partial charge in [-0.2, -0.15) is 5.26 Å². The highest BCUT2D eigenvalue weighted by atomic mass is 16.5. The maximum atomic E-state index is 12.6. The Morgan fingerprint density at radius 2 is 1.82 bits per heavy atom. The van der Waals surface area contributed by atoms with E-state index in [0.29, 0.717) is 16.5 Å². The molecule has 1 heterocycles. The summed E-state index contributed by atoms with van der Waals surface area (Å²) in [5, 5.41) is 9.46. The molecule has 0 amide bonds. The minimum Gasteiger partial charge on any atom is -0.454 e. The third-order valence-electron chi connectivity index (χ3n) is 4.49. The summed E-state index contributed by atoms with van der Waals surface area (Å²) in [6.07, 6.45) is 0. The summed E-state index contributed by atoms with van der Waals surface area (Å²) in [5.41, 5.74) is 1.70. The molecule has 0 atom stereocenters. The zero-order valence-corrected chi connectivity index (χ0v) is 16.1. The lowest BCUT2D eigenvalue weighted by Gasteiger charge is -2.19. The average molecular weight is 375 g/mol. The molecule has 1 aromatic heterocycles. The molecular weight excluding hydrogens is 354 g/mol. The number of aromatic nitrogens is 2. The lowest BCUT2D eigenvalue weighted by atomic mass is 9.87. The van der Waals surface area contributed by atoms with E-state index < -0.39 is 5.97 Å². The topological polar surface area (TPSA) is 85.0 Å². The Morgan fingerprint density at radius 3 is 2.46 bits per heavy atom. The molecule has 6 nitrogen and oxygen atoms in total. The van der Waals surface area contributed by atoms with Gasteiger partial charge in [0.1, 0.15) is 13.2 Å². The van der Waals surface area contributed by atoms with Gasteiger partial charge in [-0.15, -0.1) is 0 Å². The Bertz CT molecular complexity index is 1120. The molecule has 3 rings (SSSR count). The van der Waals surface area contributed by atoms with Gasteiger partial charge in [-0.1, -0.05) is 45.0 Å². The molecule has 0 saturated heterocycles. The van der Waals surface area contributed by atoms with Crippen molar-refractivity contribution in [3.05, 3.63) is 75.8 Å². The number of nitrogens with zero attached hydrogens (tertiary/aromatic N) is 3. The van der Waals surface area contributed by atoms with Crippen molar-refractivity contribution >= 4 is 16.9 Å². The molecule has 0 fully saturated rings. The van der Waals surface area contributed by atoms with Gasteiger partial charge in [0.25, 0.3) is 5.56 Å². The van der Waals surface area contributed by atoms with Crippen LogP contribution in [-0.4, -0.2) is 15.5 Å². The molecule has 0 unspecified atom stereocenters. The van der Waals surface area contributed by atoms with Crippen LogP contribution in [0.25, 0.3) is 10.9 Å². The van der Waals surface area contributed by atoms with Gasteiger partial charge in [-0.25, -0.2) is 9.78 Å². The van der Waals surface area contributed by atoms with Crippen molar-refractivity contribution in [1.29, 1.82) is 5.26 Å². The zero-order chi connectivity index (χ0) is 20.3. The number of para-hydroxylation sites is 1. The van der Waals surface area contributed by atoms with Crippen LogP contribution in [0.4, 0.5) is 0 Å². The van der Waals surface area contributed by atoms with Crippen LogP contribution >= 0.6 is 0 Å². The van der Waals surface area contributed by atoms with E-state index in [0.717, 1.165) is 5.56 Å². The van der Waals surface area contributed by atoms with Crippen LogP contribution in [0, 0.1) is 11.3 Å². The summed E-state index contributed by atoms with van der Waals surface area (Å²) in [5.74, 6) is -0.267. The Balaban J connectivity index is 1.85. The molecule has 0 aliphatic carbocycles. The standard InChI is InChI=1S/C22H21N3O3/c1-22(2,3)16-10-8-15(9-11-16)21(27)28-14-19-24-18-7-5-4-6-17(18)20(26)25(19)13-12-23/h4-11H,13-14H2,1-3H3. The number of hydrogen-bond acceptors (Lipinski definition) is 5. The molecule has 0 spiro atoms. The molecule has 0 bridgehead atoms. The molecule has 2 aromatic carbocycles. The van der Waals surface area contributed by atoms with Crippen LogP contribution < -0.4 is 5.56 Å². The first-order valence-corrected chi connectivity index (χ1v) is 8.94. The van der Waals surface area contributed by atoms with Gasteiger partial charge >= 0.3 is 5.97 Å². The second kappa shape index (κ2) is 7.65. The molecule has 0 radical (unpaired) electrons. The van der Waals surface area contributed by atoms with Gasteiger partial charge in [-0.3, -0.25) is 9.36 Å². The van der Waals surface area contributed by atoms with E-state index in [1.165, 1.54) is 4.57 Å². The summed E-state index contributed by atoms with van der Waals surface area (Å²) in [6.45, 7) is 5.94. The first kappa shape index (κ1) is 19.3. The van der Waals surface area contributed by atoms with Gasteiger partial charge < -0.3 is 4.74 Å². The van der Waals surface area contributed by atoms with Crippen molar-refractivity contribution in [2.45, 2.75) is 39.3 Å². The molecule has 0 N–H and O–H groups in total. The molecule has 142 valence electrons. The molecule has 6 heteroatoms. The van der Waals surface area contributed by atoms with Gasteiger partial charge in [0, 0.05) is 0 Å². The van der Waals surface area contributed by atoms with Gasteiger partial charge in [0.2, 0.25) is 0 Å². The normalized spacial score (nSPS) is 11.2. The van der Waals surface area contributed by atoms with Gasteiger partial charge in [0.05, 0.1) is 22.5 Å². The summed E-state index contributed by atoms with van der Waals surface area (Å²) < 4.78 is 6.59. The molecule has 0 aliphatic rings. The predicted molar refractivity (Wildman–Crippen MR) is 106 cm³/mol. The van der Waals surface area contributed by atoms with E-state index in [1.54, 1.807) is 36.4 Å². The summed E-state index contributed by atoms with van der Waals surface area (Å²) in [7, 11) is 0. The Hall–Kier alpha value is -3.46. The van der Waals surface area contributed by atoms with Crippen molar-refractivity contribution < 1.29 is 9.53 Å². The minimum absolute atomic E-state index is 0.00911. The maximum Gasteiger partial charge on any atom is 0.338 e. The van der Waals surface area contributed by atoms with Crippen molar-refractivity contribution in [1.82, 2.24) is 9.55 Å². The number of carbonyl (C=O) groups is 1. The molecular formula is C22H21N3O3. The van der Waals surface area contributed by atoms with Crippen LogP contribution in [0.3, 0.4) is 0 Å². The number of esters is 1. The number of benzene rings is 2. The van der Waals surface area contributed by atoms with Gasteiger partial charge in [-0.05, 0) is 35.2 Å². The van der Waals surface area contributed by atoms with Crippen LogP contribution in [0.5, 0.6) is 0 Å². The summed E-state index contributed by atoms with van der Waals surface area (Å²) >= 11 is 0. The number of nitriles is 1. The Kier molecular flexibility index (Phi) is 5.27. The van der Waals surface area contributed by atoms with E-state index in [4.69, 9.17) is 10.00 Å². The number of ether oxygens (including phenoxy) is 1. The van der Waals surface area contributed by atoms with Crippen LogP contribution in [0.15, 0.2) is 53.3 Å². The Morgan fingerprint density at radius 1 is 1.14 bits per heavy atom. The maximum absolute atomic E-state index is 12.6. The van der Waals surface area contributed by atoms with E-state index in [1.807, 2.05) is 18.2 Å². The van der Waals surface area contributed by atoms with Crippen LogP contribution in [-0.2, 0) is 23.3 Å². The highest BCUT2D eigenvalue weighted by Crippen LogP contribution is 2.22. The monoisotopic (exact) mass is 375 g/mol. The highest BCUT2D eigenvalue weighted by Gasteiger charge is 2.16. The summed E-state index contributed by atoms with van der Waals surface area (Å²) in [4.78, 5) is 29.4. The number of hydrogen-bond donors (Lipinski definition) is 0. The van der Waals surface area contributed by atoms with E-state index >= 15 is 0 Å². The second-order valence-corrected chi connectivity index (χ2v) is 7.50. The molecule has 3 aromatic rings. The third kappa shape index (κ3) is 3.94. The first-order chi connectivity index (χ1) is 13.3. The molecule has 0 saturated carbocycles.